The Balaban J connectivity index is 1.81. The monoisotopic (exact) mass is 473 g/mol. The number of ether oxygens (including phenoxy) is 3. The predicted octanol–water partition coefficient (Wildman–Crippen LogP) is 3.78. The van der Waals surface area contributed by atoms with Crippen molar-refractivity contribution in [2.75, 3.05) is 13.7 Å². The van der Waals surface area contributed by atoms with Crippen molar-refractivity contribution in [3.05, 3.63) is 57.1 Å². The number of amides is 2. The van der Waals surface area contributed by atoms with Gasteiger partial charge in [-0.1, -0.05) is 6.07 Å². The minimum atomic E-state index is -0.680. The first-order valence-corrected chi connectivity index (χ1v) is 10.4. The van der Waals surface area contributed by atoms with Gasteiger partial charge in [-0.05, 0) is 55.4 Å². The quantitative estimate of drug-likeness (QED) is 0.241. The molecule has 3 rings (SSSR count). The summed E-state index contributed by atoms with van der Waals surface area (Å²) in [5.74, 6) is -1.11. The number of nitro groups is 1. The number of pyridine rings is 1. The highest BCUT2D eigenvalue weighted by Gasteiger charge is 2.36. The zero-order valence-electron chi connectivity index (χ0n) is 17.8. The first kappa shape index (κ1) is 23.7. The molecule has 0 bridgehead atoms. The Kier molecular flexibility index (Phi) is 7.28. The molecule has 0 N–H and O–H groups in total. The van der Waals surface area contributed by atoms with Gasteiger partial charge in [0, 0.05) is 12.3 Å². The first-order valence-electron chi connectivity index (χ1n) is 9.59. The van der Waals surface area contributed by atoms with Crippen LogP contribution in [0.15, 0.2) is 41.4 Å². The minimum absolute atomic E-state index is 0.119. The van der Waals surface area contributed by atoms with Gasteiger partial charge in [-0.15, -0.1) is 0 Å². The molecule has 11 nitrogen and oxygen atoms in total. The fourth-order valence-corrected chi connectivity index (χ4v) is 3.62. The Morgan fingerprint density at radius 3 is 2.70 bits per heavy atom. The summed E-state index contributed by atoms with van der Waals surface area (Å²) in [5.41, 5.74) is 0.193. The van der Waals surface area contributed by atoms with Crippen molar-refractivity contribution in [3.8, 4) is 17.4 Å². The van der Waals surface area contributed by atoms with Gasteiger partial charge >= 0.3 is 11.7 Å². The second-order valence-corrected chi connectivity index (χ2v) is 7.90. The van der Waals surface area contributed by atoms with E-state index in [1.54, 1.807) is 19.9 Å². The van der Waals surface area contributed by atoms with Crippen molar-refractivity contribution >= 4 is 40.6 Å². The third kappa shape index (κ3) is 5.66. The van der Waals surface area contributed by atoms with Gasteiger partial charge in [0.05, 0.1) is 23.0 Å². The number of hydrogen-bond acceptors (Lipinski definition) is 10. The number of aromatic nitrogens is 1. The van der Waals surface area contributed by atoms with E-state index in [1.807, 2.05) is 0 Å². The summed E-state index contributed by atoms with van der Waals surface area (Å²) in [6.07, 6.45) is 2.46. The van der Waals surface area contributed by atoms with Gasteiger partial charge < -0.3 is 14.2 Å². The molecule has 1 aliphatic heterocycles. The van der Waals surface area contributed by atoms with Gasteiger partial charge in [0.1, 0.15) is 6.54 Å². The van der Waals surface area contributed by atoms with E-state index in [4.69, 9.17) is 14.2 Å². The van der Waals surface area contributed by atoms with Gasteiger partial charge in [0.25, 0.3) is 17.0 Å². The zero-order chi connectivity index (χ0) is 24.1. The van der Waals surface area contributed by atoms with Crippen molar-refractivity contribution in [3.63, 3.8) is 0 Å². The van der Waals surface area contributed by atoms with Crippen LogP contribution in [0.25, 0.3) is 6.08 Å². The standard InChI is InChI=1S/C21H19N3O8S/c1-12(2)31-18(25)11-23-20(26)17(33-21(23)27)10-13-6-7-15(16(9-13)30-3)32-19-14(24(28)29)5-4-8-22-19/h4-10,12H,11H2,1-3H3/b17-10+. The number of hydrogen-bond donors (Lipinski definition) is 0. The zero-order valence-corrected chi connectivity index (χ0v) is 18.7. The van der Waals surface area contributed by atoms with Crippen LogP contribution in [0.4, 0.5) is 10.5 Å². The molecule has 2 heterocycles. The molecule has 0 aliphatic carbocycles. The molecule has 1 aromatic heterocycles. The predicted molar refractivity (Wildman–Crippen MR) is 118 cm³/mol. The number of nitrogens with zero attached hydrogens (tertiary/aromatic N) is 3. The molecule has 172 valence electrons. The maximum absolute atomic E-state index is 12.6. The van der Waals surface area contributed by atoms with Crippen LogP contribution in [-0.4, -0.2) is 51.7 Å². The van der Waals surface area contributed by atoms with E-state index in [1.165, 1.54) is 43.6 Å². The van der Waals surface area contributed by atoms with Gasteiger partial charge in [0.2, 0.25) is 0 Å². The fourth-order valence-electron chi connectivity index (χ4n) is 2.78. The fraction of sp³-hybridized carbons (Fsp3) is 0.238. The number of rotatable bonds is 8. The molecule has 33 heavy (non-hydrogen) atoms. The van der Waals surface area contributed by atoms with Gasteiger partial charge in [-0.3, -0.25) is 29.4 Å². The second-order valence-electron chi connectivity index (χ2n) is 6.90. The van der Waals surface area contributed by atoms with Crippen LogP contribution < -0.4 is 9.47 Å². The van der Waals surface area contributed by atoms with Crippen molar-refractivity contribution in [2.45, 2.75) is 20.0 Å². The SMILES string of the molecule is COc1cc(/C=C2/SC(=O)N(CC(=O)OC(C)C)C2=O)ccc1Oc1ncccc1[N+](=O)[O-]. The molecule has 0 atom stereocenters. The Hall–Kier alpha value is -3.93. The van der Waals surface area contributed by atoms with E-state index >= 15 is 0 Å². The van der Waals surface area contributed by atoms with Crippen LogP contribution >= 0.6 is 11.8 Å². The summed E-state index contributed by atoms with van der Waals surface area (Å²) < 4.78 is 15.8. The lowest BCUT2D eigenvalue weighted by atomic mass is 10.2. The largest absolute Gasteiger partial charge is 0.493 e. The van der Waals surface area contributed by atoms with Crippen LogP contribution in [0, 0.1) is 10.1 Å². The number of esters is 1. The van der Waals surface area contributed by atoms with Crippen LogP contribution in [0.3, 0.4) is 0 Å². The van der Waals surface area contributed by atoms with E-state index in [-0.39, 0.29) is 34.1 Å². The molecule has 1 aromatic carbocycles. The van der Waals surface area contributed by atoms with Gasteiger partial charge in [-0.25, -0.2) is 4.98 Å². The maximum atomic E-state index is 12.6. The normalized spacial score (nSPS) is 14.7. The second kappa shape index (κ2) is 10.1. The van der Waals surface area contributed by atoms with Crippen LogP contribution in [0.5, 0.6) is 17.4 Å². The van der Waals surface area contributed by atoms with Crippen LogP contribution in [-0.2, 0) is 14.3 Å². The van der Waals surface area contributed by atoms with Crippen molar-refractivity contribution < 1.29 is 33.5 Å². The molecule has 0 saturated carbocycles. The Labute approximate surface area is 192 Å². The smallest absolute Gasteiger partial charge is 0.331 e. The minimum Gasteiger partial charge on any atom is -0.493 e. The van der Waals surface area contributed by atoms with E-state index < -0.39 is 28.6 Å². The highest BCUT2D eigenvalue weighted by atomic mass is 32.2. The van der Waals surface area contributed by atoms with E-state index in [2.05, 4.69) is 4.98 Å². The molecule has 1 saturated heterocycles. The van der Waals surface area contributed by atoms with Crippen molar-refractivity contribution in [1.82, 2.24) is 9.88 Å². The lowest BCUT2D eigenvalue weighted by Gasteiger charge is -2.13. The summed E-state index contributed by atoms with van der Waals surface area (Å²) in [6.45, 7) is 2.86. The summed E-state index contributed by atoms with van der Waals surface area (Å²) >= 11 is 0.697. The Morgan fingerprint density at radius 2 is 2.03 bits per heavy atom. The number of carbonyl (C=O) groups is 3. The Morgan fingerprint density at radius 1 is 1.27 bits per heavy atom. The third-order valence-corrected chi connectivity index (χ3v) is 5.08. The number of methoxy groups -OCH3 is 1. The van der Waals surface area contributed by atoms with E-state index in [0.717, 1.165) is 4.90 Å². The number of thioether (sulfide) groups is 1. The molecule has 2 aromatic rings. The highest BCUT2D eigenvalue weighted by Crippen LogP contribution is 2.37. The average Bonchev–Trinajstić information content (AvgIpc) is 3.01. The van der Waals surface area contributed by atoms with Crippen molar-refractivity contribution in [2.24, 2.45) is 0 Å². The van der Waals surface area contributed by atoms with Crippen LogP contribution in [0.2, 0.25) is 0 Å². The summed E-state index contributed by atoms with van der Waals surface area (Å²) in [4.78, 5) is 52.0. The first-order chi connectivity index (χ1) is 15.7. The molecule has 0 unspecified atom stereocenters. The topological polar surface area (TPSA) is 138 Å². The molecule has 1 fully saturated rings. The molecular formula is C21H19N3O8S. The summed E-state index contributed by atoms with van der Waals surface area (Å²) in [7, 11) is 1.38. The van der Waals surface area contributed by atoms with Crippen molar-refractivity contribution in [1.29, 1.82) is 0 Å². The Bertz CT molecular complexity index is 1150. The molecule has 0 spiro atoms. The summed E-state index contributed by atoms with van der Waals surface area (Å²) in [5, 5.41) is 10.6. The maximum Gasteiger partial charge on any atom is 0.331 e. The van der Waals surface area contributed by atoms with Crippen LogP contribution in [0.1, 0.15) is 19.4 Å². The number of benzene rings is 1. The molecule has 2 amide bonds. The summed E-state index contributed by atoms with van der Waals surface area (Å²) in [6, 6.07) is 7.28. The molecule has 12 heteroatoms. The van der Waals surface area contributed by atoms with Gasteiger partial charge in [0.15, 0.2) is 11.5 Å². The van der Waals surface area contributed by atoms with E-state index in [0.29, 0.717) is 17.3 Å². The van der Waals surface area contributed by atoms with E-state index in [9.17, 15) is 24.5 Å². The molecule has 0 radical (unpaired) electrons. The average molecular weight is 473 g/mol. The number of carbonyl (C=O) groups excluding carboxylic acids is 3. The lowest BCUT2D eigenvalue weighted by Crippen LogP contribution is -2.35. The highest BCUT2D eigenvalue weighted by molar-refractivity contribution is 8.18. The van der Waals surface area contributed by atoms with Gasteiger partial charge in [-0.2, -0.15) is 0 Å². The molecular weight excluding hydrogens is 454 g/mol. The lowest BCUT2D eigenvalue weighted by molar-refractivity contribution is -0.386. The number of imide groups is 1. The third-order valence-electron chi connectivity index (χ3n) is 4.17. The molecule has 1 aliphatic rings.